The number of ether oxygens (including phenoxy) is 1. The summed E-state index contributed by atoms with van der Waals surface area (Å²) in [6.07, 6.45) is 0. The van der Waals surface area contributed by atoms with Crippen molar-refractivity contribution in [2.75, 3.05) is 38.2 Å². The molecule has 104 valence electrons. The third-order valence-electron chi connectivity index (χ3n) is 3.31. The summed E-state index contributed by atoms with van der Waals surface area (Å²) >= 11 is 7.08. The Morgan fingerprint density at radius 2 is 2.21 bits per heavy atom. The van der Waals surface area contributed by atoms with Crippen molar-refractivity contribution in [3.63, 3.8) is 0 Å². The summed E-state index contributed by atoms with van der Waals surface area (Å²) in [6.45, 7) is 8.52. The minimum Gasteiger partial charge on any atom is -0.379 e. The Morgan fingerprint density at radius 3 is 2.84 bits per heavy atom. The third-order valence-corrected chi connectivity index (χ3v) is 4.49. The highest BCUT2D eigenvalue weighted by molar-refractivity contribution is 7.10. The van der Waals surface area contributed by atoms with Crippen LogP contribution in [0.15, 0.2) is 0 Å². The molecular weight excluding hydrogens is 284 g/mol. The highest BCUT2D eigenvalue weighted by atomic mass is 35.5. The Morgan fingerprint density at radius 1 is 1.53 bits per heavy atom. The van der Waals surface area contributed by atoms with E-state index < -0.39 is 0 Å². The fourth-order valence-electron chi connectivity index (χ4n) is 2.07. The number of aromatic nitrogens is 1. The standard InChI is InChI=1S/C12H17ClN4OS/c1-12(2,17-3-5-18-6-4-17)8-15-11-9(7-14)10(13)16-19-11/h15H,3-6,8H2,1-2H3. The highest BCUT2D eigenvalue weighted by Gasteiger charge is 2.28. The van der Waals surface area contributed by atoms with E-state index in [2.05, 4.69) is 34.5 Å². The van der Waals surface area contributed by atoms with Gasteiger partial charge in [0.1, 0.15) is 16.6 Å². The molecule has 1 N–H and O–H groups in total. The number of hydrogen-bond donors (Lipinski definition) is 1. The van der Waals surface area contributed by atoms with Crippen LogP contribution in [0, 0.1) is 11.3 Å². The van der Waals surface area contributed by atoms with E-state index in [-0.39, 0.29) is 10.7 Å². The summed E-state index contributed by atoms with van der Waals surface area (Å²) in [4.78, 5) is 2.39. The van der Waals surface area contributed by atoms with E-state index in [1.165, 1.54) is 11.5 Å². The predicted molar refractivity (Wildman–Crippen MR) is 76.8 cm³/mol. The second-order valence-corrected chi connectivity index (χ2v) is 6.19. The van der Waals surface area contributed by atoms with Gasteiger partial charge in [-0.2, -0.15) is 9.64 Å². The zero-order valence-electron chi connectivity index (χ0n) is 11.1. The molecule has 1 aliphatic rings. The maximum Gasteiger partial charge on any atom is 0.162 e. The molecule has 0 amide bonds. The van der Waals surface area contributed by atoms with Gasteiger partial charge >= 0.3 is 0 Å². The van der Waals surface area contributed by atoms with Crippen LogP contribution in [0.4, 0.5) is 5.00 Å². The van der Waals surface area contributed by atoms with Gasteiger partial charge in [0.2, 0.25) is 0 Å². The predicted octanol–water partition coefficient (Wildman–Crippen LogP) is 2.19. The molecule has 2 rings (SSSR count). The van der Waals surface area contributed by atoms with E-state index in [1.54, 1.807) is 0 Å². The summed E-state index contributed by atoms with van der Waals surface area (Å²) in [5, 5.41) is 13.3. The van der Waals surface area contributed by atoms with Gasteiger partial charge in [-0.3, -0.25) is 4.90 Å². The average molecular weight is 301 g/mol. The van der Waals surface area contributed by atoms with Crippen LogP contribution in [0.25, 0.3) is 0 Å². The molecule has 0 bridgehead atoms. The van der Waals surface area contributed by atoms with Gasteiger partial charge in [-0.1, -0.05) is 11.6 Å². The van der Waals surface area contributed by atoms with Crippen LogP contribution < -0.4 is 5.32 Å². The lowest BCUT2D eigenvalue weighted by atomic mass is 10.0. The number of rotatable bonds is 4. The van der Waals surface area contributed by atoms with E-state index in [4.69, 9.17) is 21.6 Å². The molecule has 1 aromatic heterocycles. The van der Waals surface area contributed by atoms with Crippen LogP contribution in [0.3, 0.4) is 0 Å². The number of morpholine rings is 1. The van der Waals surface area contributed by atoms with E-state index in [0.29, 0.717) is 5.56 Å². The van der Waals surface area contributed by atoms with Crippen molar-refractivity contribution in [2.45, 2.75) is 19.4 Å². The molecule has 0 saturated carbocycles. The molecule has 1 fully saturated rings. The van der Waals surface area contributed by atoms with Crippen LogP contribution in [0.1, 0.15) is 19.4 Å². The van der Waals surface area contributed by atoms with Crippen molar-refractivity contribution in [3.05, 3.63) is 10.7 Å². The normalized spacial score (nSPS) is 17.2. The van der Waals surface area contributed by atoms with Gasteiger partial charge in [-0.15, -0.1) is 0 Å². The molecular formula is C12H17ClN4OS. The minimum atomic E-state index is -0.00697. The van der Waals surface area contributed by atoms with Crippen molar-refractivity contribution < 1.29 is 4.74 Å². The second-order valence-electron chi connectivity index (χ2n) is 5.05. The number of hydrogen-bond acceptors (Lipinski definition) is 6. The first-order valence-electron chi connectivity index (χ1n) is 6.16. The average Bonchev–Trinajstić information content (AvgIpc) is 2.78. The maximum atomic E-state index is 9.03. The van der Waals surface area contributed by atoms with Crippen molar-refractivity contribution in [1.29, 1.82) is 5.26 Å². The molecule has 0 spiro atoms. The van der Waals surface area contributed by atoms with Crippen molar-refractivity contribution >= 4 is 28.1 Å². The van der Waals surface area contributed by atoms with Crippen molar-refractivity contribution in [1.82, 2.24) is 9.27 Å². The van der Waals surface area contributed by atoms with E-state index >= 15 is 0 Å². The van der Waals surface area contributed by atoms with Crippen LogP contribution in [0.2, 0.25) is 5.15 Å². The third kappa shape index (κ3) is 3.37. The molecule has 0 unspecified atom stereocenters. The van der Waals surface area contributed by atoms with Gasteiger partial charge in [0.25, 0.3) is 0 Å². The SMILES string of the molecule is CC(C)(CNc1snc(Cl)c1C#N)N1CCOCC1. The molecule has 5 nitrogen and oxygen atoms in total. The first kappa shape index (κ1) is 14.5. The van der Waals surface area contributed by atoms with E-state index in [0.717, 1.165) is 37.8 Å². The lowest BCUT2D eigenvalue weighted by Gasteiger charge is -2.40. The molecule has 19 heavy (non-hydrogen) atoms. The number of anilines is 1. The van der Waals surface area contributed by atoms with Crippen molar-refractivity contribution in [2.24, 2.45) is 0 Å². The minimum absolute atomic E-state index is 0.00697. The van der Waals surface area contributed by atoms with Crippen LogP contribution in [-0.4, -0.2) is 47.7 Å². The number of halogens is 1. The molecule has 0 aromatic carbocycles. The van der Waals surface area contributed by atoms with E-state index in [1.807, 2.05) is 0 Å². The molecule has 1 aromatic rings. The molecule has 1 saturated heterocycles. The van der Waals surface area contributed by atoms with Crippen LogP contribution in [0.5, 0.6) is 0 Å². The summed E-state index contributed by atoms with van der Waals surface area (Å²) in [7, 11) is 0. The van der Waals surface area contributed by atoms with E-state index in [9.17, 15) is 0 Å². The van der Waals surface area contributed by atoms with Gasteiger partial charge in [0, 0.05) is 25.2 Å². The summed E-state index contributed by atoms with van der Waals surface area (Å²) in [6, 6.07) is 2.08. The maximum absolute atomic E-state index is 9.03. The molecule has 0 aliphatic carbocycles. The van der Waals surface area contributed by atoms with Gasteiger partial charge in [0.05, 0.1) is 13.2 Å². The largest absolute Gasteiger partial charge is 0.379 e. The Balaban J connectivity index is 1.98. The molecule has 0 radical (unpaired) electrons. The Hall–Kier alpha value is -0.870. The highest BCUT2D eigenvalue weighted by Crippen LogP contribution is 2.28. The fourth-order valence-corrected chi connectivity index (χ4v) is 2.99. The summed E-state index contributed by atoms with van der Waals surface area (Å²) < 4.78 is 9.36. The van der Waals surface area contributed by atoms with Gasteiger partial charge in [-0.25, -0.2) is 0 Å². The lowest BCUT2D eigenvalue weighted by Crippen LogP contribution is -2.53. The fraction of sp³-hybridized carbons (Fsp3) is 0.667. The lowest BCUT2D eigenvalue weighted by molar-refractivity contribution is -0.00566. The monoisotopic (exact) mass is 300 g/mol. The number of nitrogens with one attached hydrogen (secondary N) is 1. The first-order valence-corrected chi connectivity index (χ1v) is 7.31. The number of nitrogens with zero attached hydrogens (tertiary/aromatic N) is 3. The molecule has 2 heterocycles. The van der Waals surface area contributed by atoms with Crippen molar-refractivity contribution in [3.8, 4) is 6.07 Å². The van der Waals surface area contributed by atoms with Gasteiger partial charge in [0.15, 0.2) is 5.15 Å². The Bertz CT molecular complexity index is 477. The zero-order chi connectivity index (χ0) is 13.9. The van der Waals surface area contributed by atoms with Gasteiger partial charge in [-0.05, 0) is 25.4 Å². The van der Waals surface area contributed by atoms with Crippen LogP contribution in [-0.2, 0) is 4.74 Å². The number of nitriles is 1. The Kier molecular flexibility index (Phi) is 4.63. The Labute approximate surface area is 122 Å². The first-order chi connectivity index (χ1) is 9.04. The summed E-state index contributed by atoms with van der Waals surface area (Å²) in [5.74, 6) is 0. The smallest absolute Gasteiger partial charge is 0.162 e. The van der Waals surface area contributed by atoms with Crippen LogP contribution >= 0.6 is 23.1 Å². The molecule has 7 heteroatoms. The van der Waals surface area contributed by atoms with Gasteiger partial charge < -0.3 is 10.1 Å². The zero-order valence-corrected chi connectivity index (χ0v) is 12.6. The molecule has 0 atom stereocenters. The molecule has 1 aliphatic heterocycles. The topological polar surface area (TPSA) is 61.2 Å². The quantitative estimate of drug-likeness (QED) is 0.923. The second kappa shape index (κ2) is 6.06. The summed E-state index contributed by atoms with van der Waals surface area (Å²) in [5.41, 5.74) is 0.428.